The summed E-state index contributed by atoms with van der Waals surface area (Å²) in [6.07, 6.45) is 0. The average molecular weight is 398 g/mol. The summed E-state index contributed by atoms with van der Waals surface area (Å²) >= 11 is 0. The molecule has 0 saturated heterocycles. The predicted octanol–water partition coefficient (Wildman–Crippen LogP) is 8.43. The Morgan fingerprint density at radius 3 is 1.55 bits per heavy atom. The van der Waals surface area contributed by atoms with Crippen molar-refractivity contribution in [1.82, 2.24) is 0 Å². The molecule has 31 heavy (non-hydrogen) atoms. The van der Waals surface area contributed by atoms with Gasteiger partial charge >= 0.3 is 0 Å². The Labute approximate surface area is 183 Å². The van der Waals surface area contributed by atoms with Crippen LogP contribution in [0.3, 0.4) is 0 Å². The molecule has 0 radical (unpaired) electrons. The van der Waals surface area contributed by atoms with E-state index in [1.165, 1.54) is 33.4 Å². The topological polar surface area (TPSA) is 12.0 Å². The van der Waals surface area contributed by atoms with E-state index in [4.69, 9.17) is 0 Å². The van der Waals surface area contributed by atoms with Gasteiger partial charge in [-0.25, -0.2) is 0 Å². The highest BCUT2D eigenvalue weighted by molar-refractivity contribution is 5.86. The third-order valence-electron chi connectivity index (χ3n) is 5.46. The number of nitrogens with one attached hydrogen (secondary N) is 1. The van der Waals surface area contributed by atoms with Crippen LogP contribution in [-0.2, 0) is 0 Å². The fourth-order valence-corrected chi connectivity index (χ4v) is 3.88. The van der Waals surface area contributed by atoms with E-state index in [1.807, 2.05) is 18.2 Å². The van der Waals surface area contributed by atoms with Gasteiger partial charge in [-0.2, -0.15) is 0 Å². The van der Waals surface area contributed by atoms with Gasteiger partial charge in [0, 0.05) is 16.9 Å². The zero-order chi connectivity index (χ0) is 20.9. The van der Waals surface area contributed by atoms with Crippen LogP contribution in [0, 0.1) is 0 Å². The molecule has 0 heterocycles. The molecule has 0 aromatic heterocycles. The first-order chi connectivity index (χ1) is 15.4. The molecule has 0 aliphatic carbocycles. The van der Waals surface area contributed by atoms with Crippen LogP contribution in [0.25, 0.3) is 33.4 Å². The summed E-state index contributed by atoms with van der Waals surface area (Å²) in [5.74, 6) is 0. The van der Waals surface area contributed by atoms with Crippen LogP contribution in [0.1, 0.15) is 0 Å². The largest absolute Gasteiger partial charge is 0.355 e. The molecular formula is C30H23N. The van der Waals surface area contributed by atoms with Gasteiger partial charge < -0.3 is 5.32 Å². The van der Waals surface area contributed by atoms with E-state index in [1.54, 1.807) is 0 Å². The van der Waals surface area contributed by atoms with Gasteiger partial charge in [-0.3, -0.25) is 0 Å². The second-order valence-electron chi connectivity index (χ2n) is 7.56. The van der Waals surface area contributed by atoms with Crippen LogP contribution in [0.2, 0.25) is 0 Å². The summed E-state index contributed by atoms with van der Waals surface area (Å²) < 4.78 is 0. The molecular weight excluding hydrogens is 374 g/mol. The maximum atomic E-state index is 3.59. The molecule has 5 aromatic carbocycles. The number of rotatable bonds is 5. The van der Waals surface area contributed by atoms with E-state index in [0.29, 0.717) is 0 Å². The highest BCUT2D eigenvalue weighted by atomic mass is 14.9. The van der Waals surface area contributed by atoms with Gasteiger partial charge in [-0.05, 0) is 58.1 Å². The molecule has 0 spiro atoms. The van der Waals surface area contributed by atoms with Gasteiger partial charge in [0.15, 0.2) is 0 Å². The van der Waals surface area contributed by atoms with E-state index in [9.17, 15) is 0 Å². The summed E-state index contributed by atoms with van der Waals surface area (Å²) in [5, 5.41) is 3.59. The fraction of sp³-hybridized carbons (Fsp3) is 0. The van der Waals surface area contributed by atoms with Crippen molar-refractivity contribution in [2.24, 2.45) is 0 Å². The van der Waals surface area contributed by atoms with Crippen molar-refractivity contribution in [2.45, 2.75) is 0 Å². The number of anilines is 2. The van der Waals surface area contributed by atoms with Crippen LogP contribution >= 0.6 is 0 Å². The number of para-hydroxylation sites is 1. The van der Waals surface area contributed by atoms with Crippen molar-refractivity contribution in [2.75, 3.05) is 5.32 Å². The average Bonchev–Trinajstić information content (AvgIpc) is 2.86. The second kappa shape index (κ2) is 8.73. The number of hydrogen-bond donors (Lipinski definition) is 1. The number of hydrogen-bond acceptors (Lipinski definition) is 1. The van der Waals surface area contributed by atoms with Crippen molar-refractivity contribution >= 4 is 11.4 Å². The lowest BCUT2D eigenvalue weighted by molar-refractivity contribution is 1.52. The highest BCUT2D eigenvalue weighted by Gasteiger charge is 2.09. The summed E-state index contributed by atoms with van der Waals surface area (Å²) in [6.45, 7) is 0. The van der Waals surface area contributed by atoms with E-state index < -0.39 is 0 Å². The molecule has 0 amide bonds. The first-order valence-electron chi connectivity index (χ1n) is 10.5. The minimum absolute atomic E-state index is 1.08. The smallest absolute Gasteiger partial charge is 0.0464 e. The summed E-state index contributed by atoms with van der Waals surface area (Å²) in [7, 11) is 0. The van der Waals surface area contributed by atoms with Crippen molar-refractivity contribution < 1.29 is 0 Å². The first kappa shape index (κ1) is 18.9. The quantitative estimate of drug-likeness (QED) is 0.314. The van der Waals surface area contributed by atoms with E-state index in [2.05, 4.69) is 121 Å². The summed E-state index contributed by atoms with van der Waals surface area (Å²) in [5.41, 5.74) is 9.44. The Bertz CT molecular complexity index is 1280. The predicted molar refractivity (Wildman–Crippen MR) is 132 cm³/mol. The van der Waals surface area contributed by atoms with E-state index in [0.717, 1.165) is 11.4 Å². The van der Waals surface area contributed by atoms with Gasteiger partial charge in [0.1, 0.15) is 0 Å². The third-order valence-corrected chi connectivity index (χ3v) is 5.46. The minimum atomic E-state index is 1.08. The molecule has 0 saturated carbocycles. The van der Waals surface area contributed by atoms with Crippen LogP contribution in [0.4, 0.5) is 11.4 Å². The van der Waals surface area contributed by atoms with Gasteiger partial charge in [0.2, 0.25) is 0 Å². The molecule has 1 nitrogen and oxygen atoms in total. The summed E-state index contributed by atoms with van der Waals surface area (Å²) in [6, 6.07) is 46.8. The lowest BCUT2D eigenvalue weighted by atomic mass is 9.95. The minimum Gasteiger partial charge on any atom is -0.355 e. The van der Waals surface area contributed by atoms with Gasteiger partial charge in [-0.15, -0.1) is 0 Å². The van der Waals surface area contributed by atoms with Crippen LogP contribution < -0.4 is 5.32 Å². The van der Waals surface area contributed by atoms with Gasteiger partial charge in [-0.1, -0.05) is 103 Å². The molecule has 5 aromatic rings. The van der Waals surface area contributed by atoms with Crippen LogP contribution in [0.5, 0.6) is 0 Å². The third kappa shape index (κ3) is 4.26. The van der Waals surface area contributed by atoms with Crippen molar-refractivity contribution in [3.05, 3.63) is 133 Å². The van der Waals surface area contributed by atoms with Crippen molar-refractivity contribution in [3.63, 3.8) is 0 Å². The Hall–Kier alpha value is -4.10. The molecule has 0 aliphatic rings. The van der Waals surface area contributed by atoms with Crippen LogP contribution in [0.15, 0.2) is 133 Å². The monoisotopic (exact) mass is 397 g/mol. The zero-order valence-electron chi connectivity index (χ0n) is 17.2. The fourth-order valence-electron chi connectivity index (χ4n) is 3.88. The molecule has 1 heteroatoms. The highest BCUT2D eigenvalue weighted by Crippen LogP contribution is 2.35. The molecule has 0 fully saturated rings. The molecule has 0 bridgehead atoms. The molecule has 0 atom stereocenters. The lowest BCUT2D eigenvalue weighted by Crippen LogP contribution is -1.94. The Morgan fingerprint density at radius 1 is 0.355 bits per heavy atom. The molecule has 0 unspecified atom stereocenters. The molecule has 1 N–H and O–H groups in total. The van der Waals surface area contributed by atoms with Crippen molar-refractivity contribution in [3.8, 4) is 33.4 Å². The maximum absolute atomic E-state index is 3.59. The standard InChI is InChI=1S/C30H23N/c1-4-11-23(12-5-1)25-15-10-16-26(21-25)27-19-20-30(31-28-17-8-3-9-18-28)29(22-27)24-13-6-2-7-14-24/h1-22,31H. The SMILES string of the molecule is c1ccc(Nc2ccc(-c3cccc(-c4ccccc4)c3)cc2-c2ccccc2)cc1. The van der Waals surface area contributed by atoms with Gasteiger partial charge in [0.05, 0.1) is 0 Å². The van der Waals surface area contributed by atoms with E-state index in [-0.39, 0.29) is 0 Å². The molecule has 0 aliphatic heterocycles. The van der Waals surface area contributed by atoms with Crippen molar-refractivity contribution in [1.29, 1.82) is 0 Å². The molecule has 148 valence electrons. The maximum Gasteiger partial charge on any atom is 0.0464 e. The first-order valence-corrected chi connectivity index (χ1v) is 10.5. The Balaban J connectivity index is 1.58. The number of benzene rings is 5. The Morgan fingerprint density at radius 2 is 0.871 bits per heavy atom. The molecule has 5 rings (SSSR count). The van der Waals surface area contributed by atoms with Gasteiger partial charge in [0.25, 0.3) is 0 Å². The normalized spacial score (nSPS) is 10.6. The Kier molecular flexibility index (Phi) is 5.32. The lowest BCUT2D eigenvalue weighted by Gasteiger charge is -2.15. The second-order valence-corrected chi connectivity index (χ2v) is 7.56. The zero-order valence-corrected chi connectivity index (χ0v) is 17.2. The van der Waals surface area contributed by atoms with E-state index >= 15 is 0 Å². The summed E-state index contributed by atoms with van der Waals surface area (Å²) in [4.78, 5) is 0. The van der Waals surface area contributed by atoms with Crippen LogP contribution in [-0.4, -0.2) is 0 Å².